The second kappa shape index (κ2) is 19.2. The van der Waals surface area contributed by atoms with Crippen LogP contribution in [0.4, 0.5) is 0 Å². The van der Waals surface area contributed by atoms with Crippen LogP contribution in [-0.4, -0.2) is 87.4 Å². The summed E-state index contributed by atoms with van der Waals surface area (Å²) < 4.78 is 0. The van der Waals surface area contributed by atoms with Crippen molar-refractivity contribution in [1.82, 2.24) is 36.1 Å². The molecule has 0 aromatic carbocycles. The number of ketones is 1. The van der Waals surface area contributed by atoms with Crippen molar-refractivity contribution in [2.24, 2.45) is 17.8 Å². The van der Waals surface area contributed by atoms with E-state index in [0.29, 0.717) is 32.4 Å². The van der Waals surface area contributed by atoms with E-state index in [4.69, 9.17) is 0 Å². The molecule has 13 nitrogen and oxygen atoms in total. The lowest BCUT2D eigenvalue weighted by Gasteiger charge is -2.31. The van der Waals surface area contributed by atoms with Gasteiger partial charge < -0.3 is 26.2 Å². The Hall–Kier alpha value is -3.90. The van der Waals surface area contributed by atoms with Gasteiger partial charge in [0, 0.05) is 25.5 Å². The molecule has 1 aromatic heterocycles. The molecular weight excluding hydrogens is 614 g/mol. The van der Waals surface area contributed by atoms with Crippen molar-refractivity contribution in [3.05, 3.63) is 24.3 Å². The predicted molar refractivity (Wildman–Crippen MR) is 180 cm³/mol. The van der Waals surface area contributed by atoms with E-state index in [0.717, 1.165) is 44.9 Å². The molecule has 1 saturated carbocycles. The molecule has 1 aliphatic heterocycles. The van der Waals surface area contributed by atoms with Gasteiger partial charge in [-0.25, -0.2) is 4.98 Å². The van der Waals surface area contributed by atoms with E-state index in [1.807, 2.05) is 27.7 Å². The molecule has 3 rings (SSSR count). The standard InChI is InChI=1S/C35H55N7O6/c1-6-23(5)29(41-32(45)26(19-22(3)4)39-33(46)28-21-36-15-16-37-28)34(47)40-27(20-24-13-9-8-10-14-24)31(44)38-25(7-2)30(43)35(48)42-17-11-12-18-42/h15-16,21-27,29H,6-14,17-20H2,1-5H3,(H,38,44)(H,39,46)(H,40,47)(H,41,45)/t23-,25-,26-,27-,29-/m0/s1. The topological polar surface area (TPSA) is 180 Å². The normalized spacial score (nSPS) is 18.2. The SMILES string of the molecule is CC[C@H](NC(=O)[C@H](CC1CCCCC1)NC(=O)[C@@H](NC(=O)[C@H](CC(C)C)NC(=O)c1cnccn1)[C@@H](C)CC)C(=O)C(=O)N1CCCC1. The highest BCUT2D eigenvalue weighted by Gasteiger charge is 2.36. The second-order valence-corrected chi connectivity index (χ2v) is 13.8. The van der Waals surface area contributed by atoms with E-state index >= 15 is 0 Å². The summed E-state index contributed by atoms with van der Waals surface area (Å²) in [5, 5.41) is 11.3. The summed E-state index contributed by atoms with van der Waals surface area (Å²) in [5.74, 6) is -3.40. The highest BCUT2D eigenvalue weighted by molar-refractivity contribution is 6.38. The maximum absolute atomic E-state index is 14.0. The van der Waals surface area contributed by atoms with Crippen LogP contribution in [0.5, 0.6) is 0 Å². The number of hydrogen-bond donors (Lipinski definition) is 4. The van der Waals surface area contributed by atoms with Crippen LogP contribution in [0.2, 0.25) is 0 Å². The van der Waals surface area contributed by atoms with Gasteiger partial charge in [-0.2, -0.15) is 0 Å². The molecule has 4 N–H and O–H groups in total. The van der Waals surface area contributed by atoms with Crippen molar-refractivity contribution in [3.63, 3.8) is 0 Å². The molecule has 266 valence electrons. The van der Waals surface area contributed by atoms with E-state index in [-0.39, 0.29) is 29.9 Å². The summed E-state index contributed by atoms with van der Waals surface area (Å²) in [6.45, 7) is 10.4. The Morgan fingerprint density at radius 2 is 1.42 bits per heavy atom. The van der Waals surface area contributed by atoms with E-state index in [1.54, 1.807) is 6.92 Å². The second-order valence-electron chi connectivity index (χ2n) is 13.8. The summed E-state index contributed by atoms with van der Waals surface area (Å²) in [4.78, 5) is 89.7. The number of amides is 5. The minimum absolute atomic E-state index is 0.0499. The number of hydrogen-bond acceptors (Lipinski definition) is 8. The summed E-state index contributed by atoms with van der Waals surface area (Å²) in [7, 11) is 0. The fourth-order valence-corrected chi connectivity index (χ4v) is 6.41. The largest absolute Gasteiger partial charge is 0.344 e. The van der Waals surface area contributed by atoms with Gasteiger partial charge in [0.15, 0.2) is 0 Å². The van der Waals surface area contributed by atoms with Gasteiger partial charge in [-0.15, -0.1) is 0 Å². The number of likely N-dealkylation sites (tertiary alicyclic amines) is 1. The Morgan fingerprint density at radius 3 is 2.00 bits per heavy atom. The third kappa shape index (κ3) is 11.4. The van der Waals surface area contributed by atoms with Crippen LogP contribution in [0.3, 0.4) is 0 Å². The van der Waals surface area contributed by atoms with E-state index in [2.05, 4.69) is 31.2 Å². The first kappa shape index (κ1) is 38.5. The molecule has 48 heavy (non-hydrogen) atoms. The Morgan fingerprint density at radius 1 is 0.771 bits per heavy atom. The maximum Gasteiger partial charge on any atom is 0.292 e. The Balaban J connectivity index is 1.78. The molecule has 0 spiro atoms. The van der Waals surface area contributed by atoms with Gasteiger partial charge in [0.1, 0.15) is 23.8 Å². The van der Waals surface area contributed by atoms with Crippen LogP contribution in [-0.2, 0) is 24.0 Å². The molecule has 2 aliphatic rings. The van der Waals surface area contributed by atoms with Crippen molar-refractivity contribution >= 4 is 35.3 Å². The zero-order chi connectivity index (χ0) is 35.2. The lowest BCUT2D eigenvalue weighted by Crippen LogP contribution is -2.60. The molecular formula is C35H55N7O6. The molecule has 2 heterocycles. The average molecular weight is 670 g/mol. The first-order valence-corrected chi connectivity index (χ1v) is 17.8. The average Bonchev–Trinajstić information content (AvgIpc) is 3.63. The number of nitrogens with one attached hydrogen (secondary N) is 4. The zero-order valence-corrected chi connectivity index (χ0v) is 29.3. The molecule has 0 radical (unpaired) electrons. The van der Waals surface area contributed by atoms with E-state index in [9.17, 15) is 28.8 Å². The molecule has 5 atom stereocenters. The monoisotopic (exact) mass is 669 g/mol. The number of nitrogens with zero attached hydrogens (tertiary/aromatic N) is 3. The third-order valence-electron chi connectivity index (χ3n) is 9.49. The van der Waals surface area contributed by atoms with Crippen molar-refractivity contribution in [1.29, 1.82) is 0 Å². The van der Waals surface area contributed by atoms with Crippen molar-refractivity contribution < 1.29 is 28.8 Å². The molecule has 1 saturated heterocycles. The van der Waals surface area contributed by atoms with Gasteiger partial charge in [-0.3, -0.25) is 33.8 Å². The number of Topliss-reactive ketones (excluding diaryl/α,β-unsaturated/α-hetero) is 1. The van der Waals surface area contributed by atoms with Crippen LogP contribution in [0.25, 0.3) is 0 Å². The summed E-state index contributed by atoms with van der Waals surface area (Å²) in [6, 6.07) is -3.90. The highest BCUT2D eigenvalue weighted by Crippen LogP contribution is 2.27. The van der Waals surface area contributed by atoms with Gasteiger partial charge in [-0.1, -0.05) is 73.1 Å². The maximum atomic E-state index is 14.0. The third-order valence-corrected chi connectivity index (χ3v) is 9.49. The van der Waals surface area contributed by atoms with Crippen molar-refractivity contribution in [2.45, 2.75) is 129 Å². The number of carbonyl (C=O) groups is 6. The molecule has 0 unspecified atom stereocenters. The van der Waals surface area contributed by atoms with E-state index in [1.165, 1.54) is 23.5 Å². The highest BCUT2D eigenvalue weighted by atomic mass is 16.2. The number of aromatic nitrogens is 2. The number of carbonyl (C=O) groups excluding carboxylic acids is 6. The minimum atomic E-state index is -1.00. The zero-order valence-electron chi connectivity index (χ0n) is 29.3. The van der Waals surface area contributed by atoms with Gasteiger partial charge >= 0.3 is 0 Å². The van der Waals surface area contributed by atoms with Gasteiger partial charge in [-0.05, 0) is 49.9 Å². The van der Waals surface area contributed by atoms with Gasteiger partial charge in [0.2, 0.25) is 23.5 Å². The molecule has 2 fully saturated rings. The Bertz CT molecular complexity index is 1250. The smallest absolute Gasteiger partial charge is 0.292 e. The van der Waals surface area contributed by atoms with Crippen LogP contribution in [0.1, 0.15) is 116 Å². The van der Waals surface area contributed by atoms with Crippen LogP contribution in [0, 0.1) is 17.8 Å². The summed E-state index contributed by atoms with van der Waals surface area (Å²) in [6.07, 6.45) is 12.4. The lowest BCUT2D eigenvalue weighted by molar-refractivity contribution is -0.146. The fourth-order valence-electron chi connectivity index (χ4n) is 6.41. The first-order chi connectivity index (χ1) is 22.9. The van der Waals surface area contributed by atoms with Crippen LogP contribution in [0.15, 0.2) is 18.6 Å². The van der Waals surface area contributed by atoms with Crippen LogP contribution >= 0.6 is 0 Å². The van der Waals surface area contributed by atoms with Gasteiger partial charge in [0.05, 0.1) is 12.2 Å². The molecule has 0 bridgehead atoms. The van der Waals surface area contributed by atoms with Crippen molar-refractivity contribution in [3.8, 4) is 0 Å². The lowest BCUT2D eigenvalue weighted by atomic mass is 9.84. The molecule has 5 amide bonds. The molecule has 13 heteroatoms. The van der Waals surface area contributed by atoms with Gasteiger partial charge in [0.25, 0.3) is 11.8 Å². The van der Waals surface area contributed by atoms with E-state index < -0.39 is 59.5 Å². The quantitative estimate of drug-likeness (QED) is 0.183. The Labute approximate surface area is 284 Å². The first-order valence-electron chi connectivity index (χ1n) is 17.8. The number of rotatable bonds is 17. The predicted octanol–water partition coefficient (Wildman–Crippen LogP) is 2.69. The summed E-state index contributed by atoms with van der Waals surface area (Å²) in [5.41, 5.74) is 0.0674. The molecule has 1 aromatic rings. The van der Waals surface area contributed by atoms with Crippen LogP contribution < -0.4 is 21.3 Å². The minimum Gasteiger partial charge on any atom is -0.344 e. The summed E-state index contributed by atoms with van der Waals surface area (Å²) >= 11 is 0. The molecule has 1 aliphatic carbocycles. The fraction of sp³-hybridized carbons (Fsp3) is 0.714. The Kier molecular flexibility index (Phi) is 15.4. The van der Waals surface area contributed by atoms with Crippen molar-refractivity contribution in [2.75, 3.05) is 13.1 Å².